The second-order valence-electron chi connectivity index (χ2n) is 4.06. The van der Waals surface area contributed by atoms with Crippen molar-refractivity contribution in [3.8, 4) is 0 Å². The van der Waals surface area contributed by atoms with Gasteiger partial charge in [0.1, 0.15) is 0 Å². The van der Waals surface area contributed by atoms with E-state index >= 15 is 0 Å². The Hall–Kier alpha value is -0.780. The second-order valence-corrected chi connectivity index (χ2v) is 4.06. The van der Waals surface area contributed by atoms with Gasteiger partial charge in [0, 0.05) is 19.5 Å². The normalized spacial score (nSPS) is 26.2. The Morgan fingerprint density at radius 1 is 1.50 bits per heavy atom. The average molecular weight is 238 g/mol. The molecule has 0 aliphatic carbocycles. The number of nitrogens with zero attached hydrogens (tertiary/aromatic N) is 1. The molecular weight excluding hydrogens is 221 g/mol. The van der Waals surface area contributed by atoms with Crippen molar-refractivity contribution in [1.82, 2.24) is 10.2 Å². The predicted molar refractivity (Wildman–Crippen MR) is 54.0 cm³/mol. The van der Waals surface area contributed by atoms with Crippen molar-refractivity contribution >= 4 is 5.91 Å². The number of nitrogens with one attached hydrogen (secondary N) is 1. The summed E-state index contributed by atoms with van der Waals surface area (Å²) in [5.41, 5.74) is -2.01. The van der Waals surface area contributed by atoms with E-state index in [9.17, 15) is 18.0 Å². The van der Waals surface area contributed by atoms with Crippen LogP contribution in [-0.2, 0) is 4.79 Å². The molecule has 1 amide bonds. The van der Waals surface area contributed by atoms with Crippen LogP contribution in [0.5, 0.6) is 0 Å². The van der Waals surface area contributed by atoms with Crippen LogP contribution in [0.25, 0.3) is 0 Å². The summed E-state index contributed by atoms with van der Waals surface area (Å²) in [5.74, 6) is -0.426. The van der Waals surface area contributed by atoms with Crippen LogP contribution in [0.2, 0.25) is 0 Å². The molecule has 1 fully saturated rings. The fraction of sp³-hybridized carbons (Fsp3) is 0.900. The van der Waals surface area contributed by atoms with Crippen molar-refractivity contribution in [1.29, 1.82) is 0 Å². The molecule has 1 saturated heterocycles. The molecule has 0 spiro atoms. The maximum absolute atomic E-state index is 13.1. The van der Waals surface area contributed by atoms with Gasteiger partial charge in [-0.15, -0.1) is 0 Å². The van der Waals surface area contributed by atoms with E-state index < -0.39 is 17.6 Å². The molecule has 6 heteroatoms. The maximum atomic E-state index is 13.1. The number of amides is 1. The summed E-state index contributed by atoms with van der Waals surface area (Å²) >= 11 is 0. The molecule has 0 aromatic rings. The molecule has 94 valence electrons. The van der Waals surface area contributed by atoms with Crippen molar-refractivity contribution in [2.24, 2.45) is 0 Å². The summed E-state index contributed by atoms with van der Waals surface area (Å²) in [6.45, 7) is 1.55. The van der Waals surface area contributed by atoms with Crippen molar-refractivity contribution in [2.45, 2.75) is 37.9 Å². The van der Waals surface area contributed by atoms with Gasteiger partial charge in [-0.2, -0.15) is 13.2 Å². The summed E-state index contributed by atoms with van der Waals surface area (Å²) in [5, 5.41) is 2.55. The fourth-order valence-corrected chi connectivity index (χ4v) is 2.30. The van der Waals surface area contributed by atoms with E-state index in [1.165, 1.54) is 7.05 Å². The largest absolute Gasteiger partial charge is 0.412 e. The van der Waals surface area contributed by atoms with Gasteiger partial charge in [0.2, 0.25) is 5.91 Å². The van der Waals surface area contributed by atoms with Crippen LogP contribution in [0.4, 0.5) is 13.2 Å². The van der Waals surface area contributed by atoms with Gasteiger partial charge >= 0.3 is 6.18 Å². The first-order valence-electron chi connectivity index (χ1n) is 5.41. The van der Waals surface area contributed by atoms with E-state index in [-0.39, 0.29) is 25.9 Å². The summed E-state index contributed by atoms with van der Waals surface area (Å²) < 4.78 is 39.3. The zero-order chi connectivity index (χ0) is 12.4. The molecule has 1 aliphatic heterocycles. The van der Waals surface area contributed by atoms with Crippen LogP contribution >= 0.6 is 0 Å². The molecule has 1 atom stereocenters. The minimum atomic E-state index is -4.38. The number of likely N-dealkylation sites (tertiary alicyclic amines) is 1. The third kappa shape index (κ3) is 2.03. The number of hydrogen-bond acceptors (Lipinski definition) is 2. The minimum Gasteiger partial charge on any atom is -0.327 e. The van der Waals surface area contributed by atoms with Crippen LogP contribution in [0.3, 0.4) is 0 Å². The summed E-state index contributed by atoms with van der Waals surface area (Å²) in [6.07, 6.45) is -3.87. The Kier molecular flexibility index (Phi) is 3.83. The number of likely N-dealkylation sites (N-methyl/N-ethyl adjacent to an activating group) is 1. The third-order valence-electron chi connectivity index (χ3n) is 3.09. The lowest BCUT2D eigenvalue weighted by Crippen LogP contribution is -2.61. The maximum Gasteiger partial charge on any atom is 0.412 e. The zero-order valence-electron chi connectivity index (χ0n) is 9.52. The molecular formula is C10H17F3N2O. The first kappa shape index (κ1) is 13.3. The first-order chi connectivity index (χ1) is 7.39. The highest BCUT2D eigenvalue weighted by atomic mass is 19.4. The summed E-state index contributed by atoms with van der Waals surface area (Å²) in [4.78, 5) is 12.5. The lowest BCUT2D eigenvalue weighted by atomic mass is 9.94. The number of carbonyl (C=O) groups excluding carboxylic acids is 1. The lowest BCUT2D eigenvalue weighted by Gasteiger charge is -2.39. The van der Waals surface area contributed by atoms with Gasteiger partial charge in [-0.25, -0.2) is 0 Å². The lowest BCUT2D eigenvalue weighted by molar-refractivity contribution is -0.222. The van der Waals surface area contributed by atoms with E-state index in [2.05, 4.69) is 5.32 Å². The fourth-order valence-electron chi connectivity index (χ4n) is 2.30. The van der Waals surface area contributed by atoms with Crippen molar-refractivity contribution < 1.29 is 18.0 Å². The molecule has 0 aromatic carbocycles. The highest BCUT2D eigenvalue weighted by Gasteiger charge is 2.61. The van der Waals surface area contributed by atoms with Crippen LogP contribution in [0.1, 0.15) is 26.2 Å². The molecule has 3 nitrogen and oxygen atoms in total. The number of carbonyl (C=O) groups is 1. The molecule has 0 saturated carbocycles. The molecule has 16 heavy (non-hydrogen) atoms. The molecule has 1 heterocycles. The Bertz CT molecular complexity index is 267. The van der Waals surface area contributed by atoms with Gasteiger partial charge in [0.25, 0.3) is 0 Å². The van der Waals surface area contributed by atoms with Gasteiger partial charge in [-0.3, -0.25) is 4.79 Å². The zero-order valence-corrected chi connectivity index (χ0v) is 9.52. The average Bonchev–Trinajstić information content (AvgIpc) is 2.61. The highest BCUT2D eigenvalue weighted by Crippen LogP contribution is 2.43. The molecule has 1 N–H and O–H groups in total. The van der Waals surface area contributed by atoms with Crippen molar-refractivity contribution in [2.75, 3.05) is 20.1 Å². The third-order valence-corrected chi connectivity index (χ3v) is 3.09. The standard InChI is InChI=1S/C10H17F3N2O/c1-3-8(16)15-6-4-5-9(15,7-14-2)10(11,12)13/h14H,3-7H2,1-2H3. The molecule has 1 unspecified atom stereocenters. The second kappa shape index (κ2) is 4.61. The van der Waals surface area contributed by atoms with Gasteiger partial charge < -0.3 is 10.2 Å². The van der Waals surface area contributed by atoms with Gasteiger partial charge in [0.05, 0.1) is 0 Å². The van der Waals surface area contributed by atoms with Crippen molar-refractivity contribution in [3.05, 3.63) is 0 Å². The quantitative estimate of drug-likeness (QED) is 0.809. The Morgan fingerprint density at radius 2 is 2.12 bits per heavy atom. The highest BCUT2D eigenvalue weighted by molar-refractivity contribution is 5.77. The smallest absolute Gasteiger partial charge is 0.327 e. The number of rotatable bonds is 3. The van der Waals surface area contributed by atoms with Crippen LogP contribution in [0.15, 0.2) is 0 Å². The van der Waals surface area contributed by atoms with E-state index in [0.29, 0.717) is 6.42 Å². The Labute approximate surface area is 93.0 Å². The molecule has 1 aliphatic rings. The SMILES string of the molecule is CCC(=O)N1CCCC1(CNC)C(F)(F)F. The van der Waals surface area contributed by atoms with Crippen LogP contribution in [-0.4, -0.2) is 42.7 Å². The van der Waals surface area contributed by atoms with E-state index in [0.717, 1.165) is 4.90 Å². The minimum absolute atomic E-state index is 0.0108. The molecule has 0 radical (unpaired) electrons. The molecule has 0 bridgehead atoms. The number of hydrogen-bond donors (Lipinski definition) is 1. The predicted octanol–water partition coefficient (Wildman–Crippen LogP) is 1.54. The Balaban J connectivity index is 3.03. The monoisotopic (exact) mass is 238 g/mol. The Morgan fingerprint density at radius 3 is 2.56 bits per heavy atom. The molecule has 1 rings (SSSR count). The number of alkyl halides is 3. The van der Waals surface area contributed by atoms with Gasteiger partial charge in [-0.1, -0.05) is 6.92 Å². The van der Waals surface area contributed by atoms with Gasteiger partial charge in [0.15, 0.2) is 5.54 Å². The van der Waals surface area contributed by atoms with E-state index in [4.69, 9.17) is 0 Å². The first-order valence-corrected chi connectivity index (χ1v) is 5.41. The van der Waals surface area contributed by atoms with E-state index in [1.54, 1.807) is 6.92 Å². The summed E-state index contributed by atoms with van der Waals surface area (Å²) in [6, 6.07) is 0. The number of halogens is 3. The summed E-state index contributed by atoms with van der Waals surface area (Å²) in [7, 11) is 1.47. The topological polar surface area (TPSA) is 32.3 Å². The van der Waals surface area contributed by atoms with E-state index in [1.807, 2.05) is 0 Å². The van der Waals surface area contributed by atoms with Crippen molar-refractivity contribution in [3.63, 3.8) is 0 Å². The van der Waals surface area contributed by atoms with Crippen LogP contribution < -0.4 is 5.32 Å². The van der Waals surface area contributed by atoms with Gasteiger partial charge in [-0.05, 0) is 19.9 Å². The van der Waals surface area contributed by atoms with Crippen LogP contribution in [0, 0.1) is 0 Å². The molecule has 0 aromatic heterocycles.